The number of hydrogen-bond acceptors (Lipinski definition) is 15. The fourth-order valence-corrected chi connectivity index (χ4v) is 12.4. The number of phosphoric ester groups is 2. The first-order chi connectivity index (χ1) is 43.6. The highest BCUT2D eigenvalue weighted by Gasteiger charge is 2.30. The molecule has 540 valence electrons. The topological polar surface area (TPSA) is 237 Å². The highest BCUT2D eigenvalue weighted by Crippen LogP contribution is 2.45. The second kappa shape index (κ2) is 61.6. The van der Waals surface area contributed by atoms with Crippen LogP contribution in [0.4, 0.5) is 0 Å². The molecule has 0 aromatic carbocycles. The largest absolute Gasteiger partial charge is 0.472 e. The van der Waals surface area contributed by atoms with E-state index in [0.29, 0.717) is 31.6 Å². The molecule has 0 heterocycles. The van der Waals surface area contributed by atoms with Gasteiger partial charge in [0, 0.05) is 25.7 Å². The van der Waals surface area contributed by atoms with E-state index in [1.165, 1.54) is 154 Å². The molecule has 0 spiro atoms. The molecule has 0 rings (SSSR count). The summed E-state index contributed by atoms with van der Waals surface area (Å²) in [6, 6.07) is 0. The van der Waals surface area contributed by atoms with Gasteiger partial charge < -0.3 is 33.8 Å². The zero-order chi connectivity index (χ0) is 67.5. The van der Waals surface area contributed by atoms with Crippen molar-refractivity contribution in [2.45, 2.75) is 375 Å². The molecular weight excluding hydrogens is 1200 g/mol. The Morgan fingerprint density at radius 2 is 0.462 bits per heavy atom. The molecule has 0 aromatic rings. The Kier molecular flexibility index (Phi) is 60.3. The zero-order valence-corrected chi connectivity index (χ0v) is 61.3. The maximum atomic E-state index is 13.0. The number of aliphatic hydroxyl groups is 1. The fourth-order valence-electron chi connectivity index (χ4n) is 10.8. The van der Waals surface area contributed by atoms with Crippen molar-refractivity contribution in [3.8, 4) is 0 Å². The lowest BCUT2D eigenvalue weighted by molar-refractivity contribution is -0.161. The van der Waals surface area contributed by atoms with Gasteiger partial charge in [-0.1, -0.05) is 306 Å². The lowest BCUT2D eigenvalue weighted by Crippen LogP contribution is -2.30. The van der Waals surface area contributed by atoms with E-state index in [0.717, 1.165) is 114 Å². The molecule has 17 nitrogen and oxygen atoms in total. The molecule has 5 atom stereocenters. The molecule has 0 aromatic heterocycles. The van der Waals surface area contributed by atoms with Gasteiger partial charge in [-0.15, -0.1) is 0 Å². The molecule has 0 saturated heterocycles. The van der Waals surface area contributed by atoms with E-state index in [4.69, 9.17) is 37.0 Å². The minimum Gasteiger partial charge on any atom is -0.462 e. The molecule has 0 aliphatic carbocycles. The Balaban J connectivity index is 5.24. The van der Waals surface area contributed by atoms with Crippen molar-refractivity contribution in [2.24, 2.45) is 23.7 Å². The summed E-state index contributed by atoms with van der Waals surface area (Å²) in [7, 11) is -9.91. The molecule has 0 aliphatic rings. The predicted molar refractivity (Wildman–Crippen MR) is 367 cm³/mol. The first-order valence-electron chi connectivity index (χ1n) is 37.2. The summed E-state index contributed by atoms with van der Waals surface area (Å²) in [5.74, 6) is 0.842. The van der Waals surface area contributed by atoms with Gasteiger partial charge in [0.15, 0.2) is 12.2 Å². The third-order valence-corrected chi connectivity index (χ3v) is 18.5. The van der Waals surface area contributed by atoms with Gasteiger partial charge in [0.1, 0.15) is 19.3 Å². The van der Waals surface area contributed by atoms with Crippen LogP contribution in [0.2, 0.25) is 0 Å². The lowest BCUT2D eigenvalue weighted by atomic mass is 10.0. The van der Waals surface area contributed by atoms with Crippen molar-refractivity contribution in [1.82, 2.24) is 0 Å². The standard InChI is InChI=1S/C72H140O17P2/c1-62(2)48-40-32-24-18-13-11-9-10-12-14-21-28-38-46-54-71(76)88-67(58-82-69(74)52-44-36-27-23-17-20-26-34-42-50-64(5)6)60-86-90(78,79)84-56-66(73)57-85-91(80,81)87-61-68(59-83-70(75)53-45-37-31-30-35-43-51-65(7)8)89-72(77)55-47-39-29-22-16-15-19-25-33-41-49-63(3)4/h62-68,73H,9-61H2,1-8H3,(H,78,79)(H,80,81)/t66-,67-,68-/m1/s1. The minimum atomic E-state index is -4.95. The SMILES string of the molecule is CC(C)CCCCCCCCCCCCCCCCC(=O)O[C@H](COC(=O)CCCCCCCCCCCC(C)C)COP(=O)(O)OC[C@@H](O)COP(=O)(O)OC[C@@H](COC(=O)CCCCCCCCC(C)C)OC(=O)CCCCCCCCCCCCC(C)C. The van der Waals surface area contributed by atoms with E-state index < -0.39 is 97.5 Å². The van der Waals surface area contributed by atoms with Gasteiger partial charge in [-0.25, -0.2) is 9.13 Å². The summed E-state index contributed by atoms with van der Waals surface area (Å²) in [6.45, 7) is 14.1. The van der Waals surface area contributed by atoms with Crippen LogP contribution in [0.1, 0.15) is 357 Å². The van der Waals surface area contributed by atoms with Crippen molar-refractivity contribution in [3.63, 3.8) is 0 Å². The number of esters is 4. The number of rotatable bonds is 69. The molecule has 0 radical (unpaired) electrons. The molecule has 0 amide bonds. The Morgan fingerprint density at radius 3 is 0.681 bits per heavy atom. The first kappa shape index (κ1) is 89.1. The monoisotopic (exact) mass is 1340 g/mol. The van der Waals surface area contributed by atoms with Crippen LogP contribution in [-0.2, 0) is 65.4 Å². The maximum Gasteiger partial charge on any atom is 0.472 e. The van der Waals surface area contributed by atoms with Gasteiger partial charge in [0.05, 0.1) is 26.4 Å². The van der Waals surface area contributed by atoms with Gasteiger partial charge in [-0.05, 0) is 49.4 Å². The van der Waals surface area contributed by atoms with E-state index in [1.54, 1.807) is 0 Å². The van der Waals surface area contributed by atoms with Crippen LogP contribution in [0.3, 0.4) is 0 Å². The average molecular weight is 1340 g/mol. The number of phosphoric acid groups is 2. The van der Waals surface area contributed by atoms with Gasteiger partial charge in [0.25, 0.3) is 0 Å². The Bertz CT molecular complexity index is 1800. The second-order valence-electron chi connectivity index (χ2n) is 27.9. The van der Waals surface area contributed by atoms with Gasteiger partial charge in [-0.2, -0.15) is 0 Å². The summed E-state index contributed by atoms with van der Waals surface area (Å²) >= 11 is 0. The molecular formula is C72H140O17P2. The molecule has 0 saturated carbocycles. The van der Waals surface area contributed by atoms with Crippen LogP contribution in [0, 0.1) is 23.7 Å². The third kappa shape index (κ3) is 66.5. The Hall–Kier alpha value is -1.94. The summed E-state index contributed by atoms with van der Waals surface area (Å²) in [4.78, 5) is 72.6. The van der Waals surface area contributed by atoms with Crippen LogP contribution in [0.25, 0.3) is 0 Å². The summed E-state index contributed by atoms with van der Waals surface area (Å²) < 4.78 is 68.3. The summed E-state index contributed by atoms with van der Waals surface area (Å²) in [5, 5.41) is 10.6. The fraction of sp³-hybridized carbons (Fsp3) is 0.944. The van der Waals surface area contributed by atoms with Gasteiger partial charge in [0.2, 0.25) is 0 Å². The third-order valence-electron chi connectivity index (χ3n) is 16.6. The number of hydrogen-bond donors (Lipinski definition) is 3. The predicted octanol–water partition coefficient (Wildman–Crippen LogP) is 20.5. The highest BCUT2D eigenvalue weighted by molar-refractivity contribution is 7.47. The minimum absolute atomic E-state index is 0.104. The second-order valence-corrected chi connectivity index (χ2v) is 30.8. The smallest absolute Gasteiger partial charge is 0.462 e. The molecule has 0 bridgehead atoms. The molecule has 3 N–H and O–H groups in total. The average Bonchev–Trinajstić information content (AvgIpc) is 3.68. The van der Waals surface area contributed by atoms with Crippen LogP contribution in [-0.4, -0.2) is 96.7 Å². The zero-order valence-electron chi connectivity index (χ0n) is 59.5. The quantitative estimate of drug-likeness (QED) is 0.0222. The number of unbranched alkanes of at least 4 members (excludes halogenated alkanes) is 35. The van der Waals surface area contributed by atoms with Crippen molar-refractivity contribution in [2.75, 3.05) is 39.6 Å². The lowest BCUT2D eigenvalue weighted by Gasteiger charge is -2.21. The normalized spacial score (nSPS) is 14.2. The first-order valence-corrected chi connectivity index (χ1v) is 40.2. The van der Waals surface area contributed by atoms with E-state index in [1.807, 2.05) is 0 Å². The van der Waals surface area contributed by atoms with Crippen LogP contribution < -0.4 is 0 Å². The maximum absolute atomic E-state index is 13.0. The van der Waals surface area contributed by atoms with Crippen molar-refractivity contribution < 1.29 is 80.2 Å². The number of carbonyl (C=O) groups is 4. The molecule has 19 heteroatoms. The molecule has 2 unspecified atom stereocenters. The number of carbonyl (C=O) groups excluding carboxylic acids is 4. The summed E-state index contributed by atoms with van der Waals surface area (Å²) in [6.07, 6.45) is 44.6. The van der Waals surface area contributed by atoms with Gasteiger partial charge >= 0.3 is 39.5 Å². The van der Waals surface area contributed by atoms with Crippen molar-refractivity contribution in [3.05, 3.63) is 0 Å². The Morgan fingerprint density at radius 1 is 0.275 bits per heavy atom. The molecule has 91 heavy (non-hydrogen) atoms. The Labute approximate surface area is 556 Å². The van der Waals surface area contributed by atoms with Crippen LogP contribution in [0.5, 0.6) is 0 Å². The van der Waals surface area contributed by atoms with E-state index >= 15 is 0 Å². The van der Waals surface area contributed by atoms with Crippen molar-refractivity contribution >= 4 is 39.5 Å². The number of ether oxygens (including phenoxy) is 4. The van der Waals surface area contributed by atoms with Gasteiger partial charge in [-0.3, -0.25) is 37.3 Å². The molecule has 0 fully saturated rings. The van der Waals surface area contributed by atoms with E-state index in [-0.39, 0.29) is 25.7 Å². The van der Waals surface area contributed by atoms with Crippen molar-refractivity contribution in [1.29, 1.82) is 0 Å². The number of aliphatic hydroxyl groups excluding tert-OH is 1. The summed E-state index contributed by atoms with van der Waals surface area (Å²) in [5.41, 5.74) is 0. The molecule has 0 aliphatic heterocycles. The highest BCUT2D eigenvalue weighted by atomic mass is 31.2. The van der Waals surface area contributed by atoms with Crippen LogP contribution in [0.15, 0.2) is 0 Å². The van der Waals surface area contributed by atoms with Crippen LogP contribution >= 0.6 is 15.6 Å². The van der Waals surface area contributed by atoms with E-state index in [9.17, 15) is 43.2 Å². The van der Waals surface area contributed by atoms with E-state index in [2.05, 4.69) is 55.4 Å².